The Labute approximate surface area is 157 Å². The van der Waals surface area contributed by atoms with Crippen LogP contribution in [0.3, 0.4) is 0 Å². The van der Waals surface area contributed by atoms with E-state index in [9.17, 15) is 4.79 Å². The first-order valence-corrected chi connectivity index (χ1v) is 9.38. The highest BCUT2D eigenvalue weighted by Gasteiger charge is 2.20. The monoisotopic (exact) mass is 356 g/mol. The van der Waals surface area contributed by atoms with Crippen LogP contribution in [-0.2, 0) is 4.79 Å². The molecule has 1 aliphatic rings. The Hall–Kier alpha value is -2.30. The van der Waals surface area contributed by atoms with Gasteiger partial charge >= 0.3 is 0 Å². The SMILES string of the molecule is CN=C(NCCNC(=O)C(C)(C)C)N1CCC(=Cc2ccccc2)CC1. The third kappa shape index (κ3) is 6.21. The van der Waals surface area contributed by atoms with Crippen LogP contribution in [-0.4, -0.2) is 50.0 Å². The molecule has 1 amide bonds. The molecule has 26 heavy (non-hydrogen) atoms. The molecule has 0 saturated carbocycles. The molecular formula is C21H32N4O. The summed E-state index contributed by atoms with van der Waals surface area (Å²) >= 11 is 0. The molecule has 0 unspecified atom stereocenters. The number of carbonyl (C=O) groups excluding carboxylic acids is 1. The molecule has 5 nitrogen and oxygen atoms in total. The average molecular weight is 357 g/mol. The third-order valence-corrected chi connectivity index (χ3v) is 4.46. The second-order valence-corrected chi connectivity index (χ2v) is 7.68. The molecule has 0 atom stereocenters. The lowest BCUT2D eigenvalue weighted by atomic mass is 9.96. The first-order chi connectivity index (χ1) is 12.4. The number of benzene rings is 1. The van der Waals surface area contributed by atoms with Gasteiger partial charge in [-0.1, -0.05) is 62.8 Å². The lowest BCUT2D eigenvalue weighted by Crippen LogP contribution is -2.47. The van der Waals surface area contributed by atoms with Gasteiger partial charge in [-0.25, -0.2) is 0 Å². The fourth-order valence-corrected chi connectivity index (χ4v) is 2.88. The number of piperidine rings is 1. The van der Waals surface area contributed by atoms with Crippen molar-refractivity contribution in [3.63, 3.8) is 0 Å². The van der Waals surface area contributed by atoms with E-state index in [2.05, 4.69) is 50.9 Å². The summed E-state index contributed by atoms with van der Waals surface area (Å²) in [6, 6.07) is 10.5. The van der Waals surface area contributed by atoms with Crippen molar-refractivity contribution in [1.29, 1.82) is 0 Å². The van der Waals surface area contributed by atoms with E-state index in [1.165, 1.54) is 11.1 Å². The maximum atomic E-state index is 11.9. The molecule has 0 aromatic heterocycles. The zero-order chi connectivity index (χ0) is 19.0. The van der Waals surface area contributed by atoms with E-state index in [4.69, 9.17) is 0 Å². The molecule has 1 heterocycles. The summed E-state index contributed by atoms with van der Waals surface area (Å²) in [7, 11) is 1.81. The zero-order valence-corrected chi connectivity index (χ0v) is 16.5. The van der Waals surface area contributed by atoms with Crippen molar-refractivity contribution in [3.05, 3.63) is 41.5 Å². The number of amides is 1. The number of rotatable bonds is 4. The Bertz CT molecular complexity index is 634. The Morgan fingerprint density at radius 1 is 1.12 bits per heavy atom. The van der Waals surface area contributed by atoms with E-state index in [0.717, 1.165) is 31.9 Å². The highest BCUT2D eigenvalue weighted by Crippen LogP contribution is 2.19. The van der Waals surface area contributed by atoms with Crippen molar-refractivity contribution in [2.75, 3.05) is 33.2 Å². The van der Waals surface area contributed by atoms with Gasteiger partial charge in [-0.05, 0) is 18.4 Å². The van der Waals surface area contributed by atoms with Crippen LogP contribution < -0.4 is 10.6 Å². The number of nitrogens with one attached hydrogen (secondary N) is 2. The fourth-order valence-electron chi connectivity index (χ4n) is 2.88. The Morgan fingerprint density at radius 3 is 2.31 bits per heavy atom. The van der Waals surface area contributed by atoms with Gasteiger partial charge in [0, 0.05) is 38.6 Å². The van der Waals surface area contributed by atoms with Crippen molar-refractivity contribution < 1.29 is 4.79 Å². The van der Waals surface area contributed by atoms with Gasteiger partial charge in [0.05, 0.1) is 0 Å². The standard InChI is InChI=1S/C21H32N4O/c1-21(2,3)19(26)23-12-13-24-20(22-4)25-14-10-18(11-15-25)16-17-8-6-5-7-9-17/h5-9,16H,10-15H2,1-4H3,(H,22,24)(H,23,26). The van der Waals surface area contributed by atoms with Gasteiger partial charge < -0.3 is 15.5 Å². The molecule has 2 rings (SSSR count). The molecule has 1 aliphatic heterocycles. The summed E-state index contributed by atoms with van der Waals surface area (Å²) in [4.78, 5) is 18.6. The highest BCUT2D eigenvalue weighted by molar-refractivity contribution is 5.82. The van der Waals surface area contributed by atoms with Gasteiger partial charge in [-0.3, -0.25) is 9.79 Å². The molecule has 1 aromatic carbocycles. The lowest BCUT2D eigenvalue weighted by molar-refractivity contribution is -0.128. The van der Waals surface area contributed by atoms with Crippen molar-refractivity contribution >= 4 is 17.9 Å². The Kier molecular flexibility index (Phi) is 7.25. The average Bonchev–Trinajstić information content (AvgIpc) is 2.62. The van der Waals surface area contributed by atoms with Crippen LogP contribution in [0.1, 0.15) is 39.2 Å². The molecule has 1 fully saturated rings. The molecular weight excluding hydrogens is 324 g/mol. The number of guanidine groups is 1. The number of carbonyl (C=O) groups is 1. The number of likely N-dealkylation sites (tertiary alicyclic amines) is 1. The minimum Gasteiger partial charge on any atom is -0.354 e. The predicted octanol–water partition coefficient (Wildman–Crippen LogP) is 2.90. The smallest absolute Gasteiger partial charge is 0.225 e. The summed E-state index contributed by atoms with van der Waals surface area (Å²) in [5.74, 6) is 0.983. The lowest BCUT2D eigenvalue weighted by Gasteiger charge is -2.31. The van der Waals surface area contributed by atoms with Gasteiger partial charge in [0.15, 0.2) is 5.96 Å². The summed E-state index contributed by atoms with van der Waals surface area (Å²) < 4.78 is 0. The van der Waals surface area contributed by atoms with E-state index >= 15 is 0 Å². The first kappa shape index (κ1) is 20.0. The van der Waals surface area contributed by atoms with E-state index in [1.807, 2.05) is 33.9 Å². The summed E-state index contributed by atoms with van der Waals surface area (Å²) in [5.41, 5.74) is 2.41. The second kappa shape index (κ2) is 9.41. The van der Waals surface area contributed by atoms with Crippen molar-refractivity contribution in [2.45, 2.75) is 33.6 Å². The maximum absolute atomic E-state index is 11.9. The van der Waals surface area contributed by atoms with Crippen LogP contribution in [0.25, 0.3) is 6.08 Å². The summed E-state index contributed by atoms with van der Waals surface area (Å²) in [5, 5.41) is 6.31. The topological polar surface area (TPSA) is 56.7 Å². The minimum absolute atomic E-state index is 0.0722. The number of nitrogens with zero attached hydrogens (tertiary/aromatic N) is 2. The van der Waals surface area contributed by atoms with Crippen LogP contribution in [0, 0.1) is 5.41 Å². The van der Waals surface area contributed by atoms with Gasteiger partial charge in [-0.2, -0.15) is 0 Å². The second-order valence-electron chi connectivity index (χ2n) is 7.68. The zero-order valence-electron chi connectivity index (χ0n) is 16.5. The minimum atomic E-state index is -0.351. The van der Waals surface area contributed by atoms with Gasteiger partial charge in [-0.15, -0.1) is 0 Å². The van der Waals surface area contributed by atoms with E-state index in [0.29, 0.717) is 13.1 Å². The van der Waals surface area contributed by atoms with Crippen LogP contribution in [0.15, 0.2) is 40.9 Å². The molecule has 0 radical (unpaired) electrons. The van der Waals surface area contributed by atoms with Crippen molar-refractivity contribution in [3.8, 4) is 0 Å². The number of aliphatic imine (C=N–C) groups is 1. The Balaban J connectivity index is 1.76. The molecule has 2 N–H and O–H groups in total. The van der Waals surface area contributed by atoms with E-state index in [-0.39, 0.29) is 11.3 Å². The molecule has 1 aromatic rings. The van der Waals surface area contributed by atoms with E-state index < -0.39 is 0 Å². The van der Waals surface area contributed by atoms with Crippen molar-refractivity contribution in [2.24, 2.45) is 10.4 Å². The molecule has 142 valence electrons. The Morgan fingerprint density at radius 2 is 1.73 bits per heavy atom. The van der Waals surface area contributed by atoms with Crippen LogP contribution >= 0.6 is 0 Å². The van der Waals surface area contributed by atoms with Gasteiger partial charge in [0.25, 0.3) is 0 Å². The molecule has 0 aliphatic carbocycles. The highest BCUT2D eigenvalue weighted by atomic mass is 16.2. The van der Waals surface area contributed by atoms with Crippen molar-refractivity contribution in [1.82, 2.24) is 15.5 Å². The largest absolute Gasteiger partial charge is 0.354 e. The first-order valence-electron chi connectivity index (χ1n) is 9.38. The van der Waals surface area contributed by atoms with E-state index in [1.54, 1.807) is 0 Å². The summed E-state index contributed by atoms with van der Waals surface area (Å²) in [6.45, 7) is 8.97. The predicted molar refractivity (Wildman–Crippen MR) is 109 cm³/mol. The van der Waals surface area contributed by atoms with Gasteiger partial charge in [0.2, 0.25) is 5.91 Å². The number of hydrogen-bond donors (Lipinski definition) is 2. The van der Waals surface area contributed by atoms with Crippen LogP contribution in [0.4, 0.5) is 0 Å². The molecule has 0 spiro atoms. The third-order valence-electron chi connectivity index (χ3n) is 4.46. The molecule has 1 saturated heterocycles. The quantitative estimate of drug-likeness (QED) is 0.495. The van der Waals surface area contributed by atoms with Crippen LogP contribution in [0.2, 0.25) is 0 Å². The molecule has 0 bridgehead atoms. The summed E-state index contributed by atoms with van der Waals surface area (Å²) in [6.07, 6.45) is 4.41. The number of hydrogen-bond acceptors (Lipinski definition) is 2. The van der Waals surface area contributed by atoms with Crippen LogP contribution in [0.5, 0.6) is 0 Å². The van der Waals surface area contributed by atoms with Gasteiger partial charge in [0.1, 0.15) is 0 Å². The molecule has 5 heteroatoms. The normalized spacial score (nSPS) is 15.6. The fraction of sp³-hybridized carbons (Fsp3) is 0.524. The maximum Gasteiger partial charge on any atom is 0.225 e.